The lowest BCUT2D eigenvalue weighted by Crippen LogP contribution is -2.19. The van der Waals surface area contributed by atoms with E-state index in [4.69, 9.17) is 9.47 Å². The van der Waals surface area contributed by atoms with Crippen LogP contribution in [-0.2, 0) is 9.47 Å². The van der Waals surface area contributed by atoms with E-state index in [0.717, 1.165) is 6.61 Å². The number of hydrogen-bond donors (Lipinski definition) is 0. The number of ether oxygens (including phenoxy) is 2. The molecular weight excluding hydrogens is 128 g/mol. The SMILES string of the molecule is COCC1OC(C)CC1C. The van der Waals surface area contributed by atoms with Crippen LogP contribution in [0.1, 0.15) is 20.3 Å². The maximum Gasteiger partial charge on any atom is 0.0838 e. The summed E-state index contributed by atoms with van der Waals surface area (Å²) >= 11 is 0. The van der Waals surface area contributed by atoms with E-state index < -0.39 is 0 Å². The van der Waals surface area contributed by atoms with Gasteiger partial charge < -0.3 is 9.47 Å². The predicted octanol–water partition coefficient (Wildman–Crippen LogP) is 1.45. The molecule has 0 spiro atoms. The van der Waals surface area contributed by atoms with Crippen molar-refractivity contribution in [3.63, 3.8) is 0 Å². The van der Waals surface area contributed by atoms with Crippen molar-refractivity contribution in [3.05, 3.63) is 0 Å². The topological polar surface area (TPSA) is 18.5 Å². The highest BCUT2D eigenvalue weighted by molar-refractivity contribution is 4.76. The molecule has 1 rings (SSSR count). The molecule has 60 valence electrons. The molecule has 0 aromatic heterocycles. The molecule has 0 aromatic rings. The van der Waals surface area contributed by atoms with Crippen LogP contribution >= 0.6 is 0 Å². The van der Waals surface area contributed by atoms with E-state index in [-0.39, 0.29) is 0 Å². The zero-order valence-corrected chi connectivity index (χ0v) is 6.96. The Bertz CT molecular complexity index is 103. The Balaban J connectivity index is 2.31. The molecule has 10 heavy (non-hydrogen) atoms. The van der Waals surface area contributed by atoms with Crippen molar-refractivity contribution in [2.24, 2.45) is 5.92 Å². The molecule has 3 atom stereocenters. The molecule has 1 aliphatic rings. The summed E-state index contributed by atoms with van der Waals surface area (Å²) in [5.41, 5.74) is 0. The number of rotatable bonds is 2. The molecule has 1 fully saturated rings. The zero-order valence-electron chi connectivity index (χ0n) is 6.96. The van der Waals surface area contributed by atoms with Crippen LogP contribution in [0.25, 0.3) is 0 Å². The van der Waals surface area contributed by atoms with Gasteiger partial charge in [-0.15, -0.1) is 0 Å². The summed E-state index contributed by atoms with van der Waals surface area (Å²) in [7, 11) is 1.72. The second-order valence-corrected chi connectivity index (χ2v) is 3.15. The summed E-state index contributed by atoms with van der Waals surface area (Å²) < 4.78 is 10.6. The van der Waals surface area contributed by atoms with Crippen LogP contribution in [0, 0.1) is 5.92 Å². The Morgan fingerprint density at radius 1 is 1.50 bits per heavy atom. The molecule has 0 bridgehead atoms. The van der Waals surface area contributed by atoms with Gasteiger partial charge in [-0.25, -0.2) is 0 Å². The summed E-state index contributed by atoms with van der Waals surface area (Å²) in [6.07, 6.45) is 1.93. The van der Waals surface area contributed by atoms with Gasteiger partial charge in [0, 0.05) is 7.11 Å². The van der Waals surface area contributed by atoms with E-state index >= 15 is 0 Å². The Hall–Kier alpha value is -0.0800. The third-order valence-corrected chi connectivity index (χ3v) is 2.08. The van der Waals surface area contributed by atoms with Crippen molar-refractivity contribution in [1.29, 1.82) is 0 Å². The van der Waals surface area contributed by atoms with Crippen molar-refractivity contribution in [2.75, 3.05) is 13.7 Å². The molecule has 3 unspecified atom stereocenters. The van der Waals surface area contributed by atoms with Gasteiger partial charge in [-0.1, -0.05) is 6.92 Å². The molecule has 0 saturated carbocycles. The van der Waals surface area contributed by atoms with Gasteiger partial charge in [0.25, 0.3) is 0 Å². The maximum atomic E-state index is 5.59. The molecule has 1 aliphatic heterocycles. The summed E-state index contributed by atoms with van der Waals surface area (Å²) in [5, 5.41) is 0. The Morgan fingerprint density at radius 2 is 2.20 bits per heavy atom. The molecule has 2 nitrogen and oxygen atoms in total. The third-order valence-electron chi connectivity index (χ3n) is 2.08. The molecule has 0 N–H and O–H groups in total. The van der Waals surface area contributed by atoms with Gasteiger partial charge in [0.2, 0.25) is 0 Å². The first-order valence-electron chi connectivity index (χ1n) is 3.88. The summed E-state index contributed by atoms with van der Waals surface area (Å²) in [6, 6.07) is 0. The summed E-state index contributed by atoms with van der Waals surface area (Å²) in [6.45, 7) is 5.07. The maximum absolute atomic E-state index is 5.59. The van der Waals surface area contributed by atoms with Crippen molar-refractivity contribution < 1.29 is 9.47 Å². The van der Waals surface area contributed by atoms with Gasteiger partial charge in [-0.3, -0.25) is 0 Å². The Morgan fingerprint density at radius 3 is 2.60 bits per heavy atom. The molecule has 1 heterocycles. The van der Waals surface area contributed by atoms with Crippen LogP contribution in [0.5, 0.6) is 0 Å². The fourth-order valence-corrected chi connectivity index (χ4v) is 1.53. The van der Waals surface area contributed by atoms with E-state index in [0.29, 0.717) is 18.1 Å². The van der Waals surface area contributed by atoms with Crippen LogP contribution in [-0.4, -0.2) is 25.9 Å². The fraction of sp³-hybridized carbons (Fsp3) is 1.00. The van der Waals surface area contributed by atoms with Crippen molar-refractivity contribution >= 4 is 0 Å². The second kappa shape index (κ2) is 3.35. The molecular formula is C8H16O2. The Labute approximate surface area is 62.5 Å². The minimum absolute atomic E-state index is 0.333. The van der Waals surface area contributed by atoms with Crippen LogP contribution in [0.2, 0.25) is 0 Å². The van der Waals surface area contributed by atoms with E-state index in [1.54, 1.807) is 7.11 Å². The quantitative estimate of drug-likeness (QED) is 0.584. The largest absolute Gasteiger partial charge is 0.382 e. The van der Waals surface area contributed by atoms with Gasteiger partial charge in [0.15, 0.2) is 0 Å². The molecule has 1 saturated heterocycles. The standard InChI is InChI=1S/C8H16O2/c1-6-4-7(2)10-8(6)5-9-3/h6-8H,4-5H2,1-3H3. The van der Waals surface area contributed by atoms with Crippen molar-refractivity contribution in [1.82, 2.24) is 0 Å². The van der Waals surface area contributed by atoms with Crippen LogP contribution in [0.4, 0.5) is 0 Å². The van der Waals surface area contributed by atoms with Crippen LogP contribution < -0.4 is 0 Å². The first-order chi connectivity index (χ1) is 4.74. The zero-order chi connectivity index (χ0) is 7.56. The average Bonchev–Trinajstić information content (AvgIpc) is 2.13. The lowest BCUT2D eigenvalue weighted by Gasteiger charge is -2.12. The minimum atomic E-state index is 0.333. The van der Waals surface area contributed by atoms with E-state index in [9.17, 15) is 0 Å². The van der Waals surface area contributed by atoms with Gasteiger partial charge in [0.05, 0.1) is 18.8 Å². The molecule has 0 radical (unpaired) electrons. The van der Waals surface area contributed by atoms with Crippen molar-refractivity contribution in [3.8, 4) is 0 Å². The first kappa shape index (κ1) is 8.02. The summed E-state index contributed by atoms with van der Waals surface area (Å²) in [4.78, 5) is 0. The van der Waals surface area contributed by atoms with E-state index in [1.165, 1.54) is 6.42 Å². The normalized spacial score (nSPS) is 40.5. The molecule has 0 aliphatic carbocycles. The first-order valence-corrected chi connectivity index (χ1v) is 3.88. The van der Waals surface area contributed by atoms with Gasteiger partial charge in [-0.05, 0) is 19.3 Å². The molecule has 2 heteroatoms. The average molecular weight is 144 g/mol. The smallest absolute Gasteiger partial charge is 0.0838 e. The highest BCUT2D eigenvalue weighted by Crippen LogP contribution is 2.25. The molecule has 0 amide bonds. The molecule has 0 aromatic carbocycles. The van der Waals surface area contributed by atoms with E-state index in [2.05, 4.69) is 13.8 Å². The van der Waals surface area contributed by atoms with Gasteiger partial charge >= 0.3 is 0 Å². The fourth-order valence-electron chi connectivity index (χ4n) is 1.53. The van der Waals surface area contributed by atoms with E-state index in [1.807, 2.05) is 0 Å². The van der Waals surface area contributed by atoms with Gasteiger partial charge in [0.1, 0.15) is 0 Å². The van der Waals surface area contributed by atoms with Crippen LogP contribution in [0.3, 0.4) is 0 Å². The highest BCUT2D eigenvalue weighted by Gasteiger charge is 2.28. The lowest BCUT2D eigenvalue weighted by molar-refractivity contribution is -0.00517. The number of hydrogen-bond acceptors (Lipinski definition) is 2. The number of methoxy groups -OCH3 is 1. The second-order valence-electron chi connectivity index (χ2n) is 3.15. The third kappa shape index (κ3) is 1.70. The lowest BCUT2D eigenvalue weighted by atomic mass is 10.0. The van der Waals surface area contributed by atoms with Gasteiger partial charge in [-0.2, -0.15) is 0 Å². The highest BCUT2D eigenvalue weighted by atomic mass is 16.5. The predicted molar refractivity (Wildman–Crippen MR) is 40.0 cm³/mol. The van der Waals surface area contributed by atoms with Crippen LogP contribution in [0.15, 0.2) is 0 Å². The van der Waals surface area contributed by atoms with Crippen molar-refractivity contribution in [2.45, 2.75) is 32.5 Å². The monoisotopic (exact) mass is 144 g/mol. The minimum Gasteiger partial charge on any atom is -0.382 e. The Kier molecular flexibility index (Phi) is 2.69. The summed E-state index contributed by atoms with van der Waals surface area (Å²) in [5.74, 6) is 0.662.